The average Bonchev–Trinajstić information content (AvgIpc) is 3.19. The van der Waals surface area contributed by atoms with Gasteiger partial charge >= 0.3 is 0 Å². The van der Waals surface area contributed by atoms with Gasteiger partial charge in [-0.2, -0.15) is 4.98 Å². The lowest BCUT2D eigenvalue weighted by atomic mass is 9.95. The van der Waals surface area contributed by atoms with Crippen LogP contribution < -0.4 is 4.90 Å². The largest absolute Gasteiger partial charge is 0.353 e. The Labute approximate surface area is 158 Å². The van der Waals surface area contributed by atoms with E-state index in [0.29, 0.717) is 18.9 Å². The maximum absolute atomic E-state index is 13.0. The summed E-state index contributed by atoms with van der Waals surface area (Å²) in [7, 11) is 0. The van der Waals surface area contributed by atoms with Crippen LogP contribution in [0.25, 0.3) is 5.78 Å². The van der Waals surface area contributed by atoms with E-state index >= 15 is 0 Å². The zero-order chi connectivity index (χ0) is 18.8. The van der Waals surface area contributed by atoms with Crippen LogP contribution in [0.4, 0.5) is 5.82 Å². The first-order valence-electron chi connectivity index (χ1n) is 9.43. The molecule has 27 heavy (non-hydrogen) atoms. The van der Waals surface area contributed by atoms with Gasteiger partial charge in [0.05, 0.1) is 5.92 Å². The second-order valence-electron chi connectivity index (χ2n) is 6.94. The van der Waals surface area contributed by atoms with Crippen LogP contribution >= 0.6 is 0 Å². The minimum atomic E-state index is -0.0644. The Hall–Kier alpha value is -2.96. The van der Waals surface area contributed by atoms with Crippen molar-refractivity contribution in [2.75, 3.05) is 31.1 Å². The summed E-state index contributed by atoms with van der Waals surface area (Å²) in [6, 6.07) is 12.1. The summed E-state index contributed by atoms with van der Waals surface area (Å²) in [6.07, 6.45) is 2.49. The highest BCUT2D eigenvalue weighted by atomic mass is 16.2. The molecular formula is C20H24N6O. The van der Waals surface area contributed by atoms with Crippen molar-refractivity contribution in [3.63, 3.8) is 0 Å². The predicted molar refractivity (Wildman–Crippen MR) is 104 cm³/mol. The van der Waals surface area contributed by atoms with E-state index in [-0.39, 0.29) is 11.8 Å². The number of aromatic nitrogens is 4. The van der Waals surface area contributed by atoms with E-state index in [1.807, 2.05) is 52.6 Å². The fraction of sp³-hybridized carbons (Fsp3) is 0.400. The lowest BCUT2D eigenvalue weighted by Gasteiger charge is -2.37. The second-order valence-corrected chi connectivity index (χ2v) is 6.94. The molecule has 1 aliphatic rings. The molecule has 0 spiro atoms. The molecule has 1 unspecified atom stereocenters. The van der Waals surface area contributed by atoms with Crippen molar-refractivity contribution in [1.82, 2.24) is 24.5 Å². The van der Waals surface area contributed by atoms with Crippen LogP contribution in [0.2, 0.25) is 0 Å². The molecule has 4 rings (SSSR count). The molecule has 0 saturated carbocycles. The molecule has 7 heteroatoms. The molecule has 0 aliphatic carbocycles. The molecule has 1 fully saturated rings. The summed E-state index contributed by atoms with van der Waals surface area (Å²) >= 11 is 0. The van der Waals surface area contributed by atoms with Crippen LogP contribution in [0.3, 0.4) is 0 Å². The van der Waals surface area contributed by atoms with Crippen molar-refractivity contribution in [2.45, 2.75) is 26.2 Å². The lowest BCUT2D eigenvalue weighted by Crippen LogP contribution is -2.50. The Morgan fingerprint density at radius 1 is 1.15 bits per heavy atom. The van der Waals surface area contributed by atoms with Crippen LogP contribution in [0.5, 0.6) is 0 Å². The number of nitrogens with zero attached hydrogens (tertiary/aromatic N) is 6. The molecular weight excluding hydrogens is 340 g/mol. The third kappa shape index (κ3) is 3.37. The molecule has 0 radical (unpaired) electrons. The standard InChI is InChI=1S/C20H24N6O/c1-3-17(16-7-5-4-6-8-16)19(27)25-11-9-24(10-12-25)18-13-15(2)26-14-21-23-20(26)22-18/h4-8,13-14,17H,3,9-12H2,1-2H3. The van der Waals surface area contributed by atoms with E-state index in [1.54, 1.807) is 6.33 Å². The maximum atomic E-state index is 13.0. The molecule has 1 aliphatic heterocycles. The van der Waals surface area contributed by atoms with Gasteiger partial charge in [0.15, 0.2) is 0 Å². The van der Waals surface area contributed by atoms with Crippen molar-refractivity contribution in [3.05, 3.63) is 54.0 Å². The monoisotopic (exact) mass is 364 g/mol. The highest BCUT2D eigenvalue weighted by molar-refractivity contribution is 5.84. The van der Waals surface area contributed by atoms with Gasteiger partial charge in [0.2, 0.25) is 5.91 Å². The van der Waals surface area contributed by atoms with Crippen LogP contribution in [-0.4, -0.2) is 56.6 Å². The zero-order valence-corrected chi connectivity index (χ0v) is 15.7. The summed E-state index contributed by atoms with van der Waals surface area (Å²) < 4.78 is 1.87. The molecule has 2 aromatic heterocycles. The Balaban J connectivity index is 1.45. The summed E-state index contributed by atoms with van der Waals surface area (Å²) in [5, 5.41) is 7.98. The predicted octanol–water partition coefficient (Wildman–Crippen LogP) is 2.28. The number of anilines is 1. The van der Waals surface area contributed by atoms with Gasteiger partial charge in [-0.05, 0) is 18.9 Å². The molecule has 1 amide bonds. The number of fused-ring (bicyclic) bond motifs is 1. The van der Waals surface area contributed by atoms with Crippen LogP contribution in [0, 0.1) is 6.92 Å². The fourth-order valence-corrected chi connectivity index (χ4v) is 3.72. The second kappa shape index (κ2) is 7.34. The summed E-state index contributed by atoms with van der Waals surface area (Å²) in [5.41, 5.74) is 2.15. The van der Waals surface area contributed by atoms with Crippen molar-refractivity contribution in [1.29, 1.82) is 0 Å². The molecule has 140 valence electrons. The first-order chi connectivity index (χ1) is 13.2. The van der Waals surface area contributed by atoms with E-state index in [4.69, 9.17) is 0 Å². The SMILES string of the molecule is CCC(C(=O)N1CCN(c2cc(C)n3cnnc3n2)CC1)c1ccccc1. The van der Waals surface area contributed by atoms with Crippen LogP contribution in [0.15, 0.2) is 42.7 Å². The first-order valence-corrected chi connectivity index (χ1v) is 9.43. The number of piperazine rings is 1. The van der Waals surface area contributed by atoms with Crippen LogP contribution in [-0.2, 0) is 4.79 Å². The van der Waals surface area contributed by atoms with Gasteiger partial charge in [0, 0.05) is 37.9 Å². The van der Waals surface area contributed by atoms with Gasteiger partial charge in [0.25, 0.3) is 5.78 Å². The molecule has 3 aromatic rings. The molecule has 1 saturated heterocycles. The number of carbonyl (C=O) groups is 1. The maximum Gasteiger partial charge on any atom is 0.256 e. The number of amides is 1. The third-order valence-corrected chi connectivity index (χ3v) is 5.29. The molecule has 7 nitrogen and oxygen atoms in total. The number of benzene rings is 1. The van der Waals surface area contributed by atoms with Gasteiger partial charge in [-0.1, -0.05) is 37.3 Å². The molecule has 0 N–H and O–H groups in total. The van der Waals surface area contributed by atoms with Crippen molar-refractivity contribution in [2.24, 2.45) is 0 Å². The number of rotatable bonds is 4. The van der Waals surface area contributed by atoms with E-state index in [9.17, 15) is 4.79 Å². The summed E-state index contributed by atoms with van der Waals surface area (Å²) in [4.78, 5) is 21.8. The lowest BCUT2D eigenvalue weighted by molar-refractivity contribution is -0.133. The highest BCUT2D eigenvalue weighted by Gasteiger charge is 2.28. The molecule has 3 heterocycles. The first kappa shape index (κ1) is 17.5. The van der Waals surface area contributed by atoms with E-state index in [0.717, 1.165) is 36.6 Å². The number of hydrogen-bond acceptors (Lipinski definition) is 5. The number of hydrogen-bond donors (Lipinski definition) is 0. The average molecular weight is 364 g/mol. The Morgan fingerprint density at radius 2 is 1.89 bits per heavy atom. The van der Waals surface area contributed by atoms with E-state index in [1.165, 1.54) is 0 Å². The van der Waals surface area contributed by atoms with Crippen molar-refractivity contribution in [3.8, 4) is 0 Å². The number of aryl methyl sites for hydroxylation is 1. The fourth-order valence-electron chi connectivity index (χ4n) is 3.72. The van der Waals surface area contributed by atoms with E-state index in [2.05, 4.69) is 27.0 Å². The van der Waals surface area contributed by atoms with Gasteiger partial charge < -0.3 is 9.80 Å². The van der Waals surface area contributed by atoms with Crippen molar-refractivity contribution < 1.29 is 4.79 Å². The molecule has 0 bridgehead atoms. The van der Waals surface area contributed by atoms with Crippen molar-refractivity contribution >= 4 is 17.5 Å². The molecule has 1 atom stereocenters. The third-order valence-electron chi connectivity index (χ3n) is 5.29. The van der Waals surface area contributed by atoms with E-state index < -0.39 is 0 Å². The Morgan fingerprint density at radius 3 is 2.59 bits per heavy atom. The highest BCUT2D eigenvalue weighted by Crippen LogP contribution is 2.24. The Kier molecular flexibility index (Phi) is 4.75. The van der Waals surface area contributed by atoms with Gasteiger partial charge in [-0.25, -0.2) is 0 Å². The zero-order valence-electron chi connectivity index (χ0n) is 15.7. The summed E-state index contributed by atoms with van der Waals surface area (Å²) in [6.45, 7) is 7.06. The quantitative estimate of drug-likeness (QED) is 0.710. The minimum absolute atomic E-state index is 0.0644. The topological polar surface area (TPSA) is 66.6 Å². The van der Waals surface area contributed by atoms with Gasteiger partial charge in [-0.15, -0.1) is 10.2 Å². The smallest absolute Gasteiger partial charge is 0.256 e. The van der Waals surface area contributed by atoms with Gasteiger partial charge in [-0.3, -0.25) is 9.20 Å². The van der Waals surface area contributed by atoms with Crippen LogP contribution in [0.1, 0.15) is 30.5 Å². The van der Waals surface area contributed by atoms with Gasteiger partial charge in [0.1, 0.15) is 12.1 Å². The number of carbonyl (C=O) groups excluding carboxylic acids is 1. The molecule has 1 aromatic carbocycles. The summed E-state index contributed by atoms with van der Waals surface area (Å²) in [5.74, 6) is 1.67. The Bertz CT molecular complexity index is 930. The minimum Gasteiger partial charge on any atom is -0.353 e. The normalized spacial score (nSPS) is 15.9.